The van der Waals surface area contributed by atoms with Gasteiger partial charge in [-0.1, -0.05) is 49.4 Å². The molecule has 3 aromatic carbocycles. The smallest absolute Gasteiger partial charge is 0.295 e. The van der Waals surface area contributed by atoms with Crippen LogP contribution in [0, 0.1) is 0 Å². The van der Waals surface area contributed by atoms with Crippen LogP contribution in [0.3, 0.4) is 0 Å². The third-order valence-electron chi connectivity index (χ3n) is 6.38. The molecule has 2 heterocycles. The number of Topliss-reactive ketones (excluding diaryl/α,β-unsaturated/α-hetero) is 1. The third kappa shape index (κ3) is 5.67. The van der Waals surface area contributed by atoms with Crippen LogP contribution in [0.5, 0.6) is 17.2 Å². The van der Waals surface area contributed by atoms with Gasteiger partial charge in [-0.05, 0) is 66.1 Å². The molecule has 0 saturated carbocycles. The summed E-state index contributed by atoms with van der Waals surface area (Å²) in [5.41, 5.74) is 1.85. The molecule has 0 aliphatic carbocycles. The molecule has 7 nitrogen and oxygen atoms in total. The molecule has 0 bridgehead atoms. The summed E-state index contributed by atoms with van der Waals surface area (Å²) in [4.78, 5) is 32.4. The summed E-state index contributed by atoms with van der Waals surface area (Å²) in [5, 5.41) is 11.5. The summed E-state index contributed by atoms with van der Waals surface area (Å²) < 4.78 is 11.7. The van der Waals surface area contributed by atoms with Crippen LogP contribution in [0.4, 0.5) is 0 Å². The van der Waals surface area contributed by atoms with Gasteiger partial charge in [0.1, 0.15) is 23.0 Å². The van der Waals surface area contributed by atoms with E-state index in [2.05, 4.69) is 4.98 Å². The fraction of sp³-hybridized carbons (Fsp3) is 0.156. The van der Waals surface area contributed by atoms with Crippen molar-refractivity contribution in [3.8, 4) is 17.2 Å². The fourth-order valence-electron chi connectivity index (χ4n) is 4.56. The number of rotatable bonds is 9. The first-order valence-corrected chi connectivity index (χ1v) is 12.8. The van der Waals surface area contributed by atoms with Gasteiger partial charge < -0.3 is 19.5 Å². The molecule has 1 saturated heterocycles. The molecule has 196 valence electrons. The number of amides is 1. The number of hydrogen-bond donors (Lipinski definition) is 1. The summed E-state index contributed by atoms with van der Waals surface area (Å²) in [5.74, 6) is 0.0770. The summed E-state index contributed by atoms with van der Waals surface area (Å²) in [7, 11) is 0. The number of pyridine rings is 1. The van der Waals surface area contributed by atoms with E-state index < -0.39 is 17.7 Å². The van der Waals surface area contributed by atoms with Crippen LogP contribution in [0.1, 0.15) is 36.1 Å². The minimum atomic E-state index is -0.835. The van der Waals surface area contributed by atoms with Crippen LogP contribution in [0.25, 0.3) is 5.76 Å². The quantitative estimate of drug-likeness (QED) is 0.159. The number of carbonyl (C=O) groups excluding carboxylic acids is 2. The first kappa shape index (κ1) is 25.7. The number of ether oxygens (including phenoxy) is 2. The van der Waals surface area contributed by atoms with Crippen molar-refractivity contribution in [1.29, 1.82) is 0 Å². The Morgan fingerprint density at radius 3 is 2.36 bits per heavy atom. The zero-order chi connectivity index (χ0) is 27.2. The number of aromatic nitrogens is 1. The molecule has 1 atom stereocenters. The molecule has 1 unspecified atom stereocenters. The lowest BCUT2D eigenvalue weighted by Gasteiger charge is -2.26. The van der Waals surface area contributed by atoms with Gasteiger partial charge in [-0.25, -0.2) is 0 Å². The van der Waals surface area contributed by atoms with Gasteiger partial charge in [0.2, 0.25) is 0 Å². The lowest BCUT2D eigenvalue weighted by atomic mass is 9.95. The van der Waals surface area contributed by atoms with E-state index >= 15 is 0 Å². The van der Waals surface area contributed by atoms with Crippen molar-refractivity contribution in [1.82, 2.24) is 9.88 Å². The Balaban J connectivity index is 1.59. The van der Waals surface area contributed by atoms with Gasteiger partial charge in [0, 0.05) is 24.5 Å². The van der Waals surface area contributed by atoms with Crippen LogP contribution >= 0.6 is 0 Å². The molecule has 5 rings (SSSR count). The van der Waals surface area contributed by atoms with Crippen molar-refractivity contribution in [3.63, 3.8) is 0 Å². The number of para-hydroxylation sites is 1. The van der Waals surface area contributed by atoms with Crippen molar-refractivity contribution in [2.75, 3.05) is 6.61 Å². The number of carbonyl (C=O) groups is 2. The van der Waals surface area contributed by atoms with Gasteiger partial charge >= 0.3 is 0 Å². The lowest BCUT2D eigenvalue weighted by Crippen LogP contribution is -2.29. The van der Waals surface area contributed by atoms with Crippen molar-refractivity contribution in [2.24, 2.45) is 0 Å². The number of nitrogens with zero attached hydrogens (tertiary/aromatic N) is 2. The molecule has 1 aliphatic rings. The summed E-state index contributed by atoms with van der Waals surface area (Å²) in [6, 6.07) is 26.2. The SMILES string of the molecule is CCCOc1cccc(C(O)=C2C(=O)C(=O)N(Cc3ccncc3)C2c2cccc(Oc3ccccc3)c2)c1. The van der Waals surface area contributed by atoms with E-state index in [4.69, 9.17) is 9.47 Å². The molecule has 4 aromatic rings. The molecule has 0 radical (unpaired) electrons. The van der Waals surface area contributed by atoms with E-state index in [-0.39, 0.29) is 17.9 Å². The van der Waals surface area contributed by atoms with Crippen molar-refractivity contribution in [3.05, 3.63) is 126 Å². The lowest BCUT2D eigenvalue weighted by molar-refractivity contribution is -0.140. The Bertz CT molecular complexity index is 1500. The normalized spacial score (nSPS) is 16.3. The van der Waals surface area contributed by atoms with Crippen LogP contribution in [-0.2, 0) is 16.1 Å². The van der Waals surface area contributed by atoms with Gasteiger partial charge in [0.05, 0.1) is 18.2 Å². The molecule has 7 heteroatoms. The molecule has 1 aromatic heterocycles. The van der Waals surface area contributed by atoms with Crippen LogP contribution < -0.4 is 9.47 Å². The Morgan fingerprint density at radius 1 is 0.872 bits per heavy atom. The van der Waals surface area contributed by atoms with E-state index in [1.165, 1.54) is 4.90 Å². The molecule has 1 aliphatic heterocycles. The minimum Gasteiger partial charge on any atom is -0.507 e. The predicted octanol–water partition coefficient (Wildman–Crippen LogP) is 6.28. The van der Waals surface area contributed by atoms with Crippen molar-refractivity contribution < 1.29 is 24.2 Å². The van der Waals surface area contributed by atoms with Gasteiger partial charge in [-0.3, -0.25) is 14.6 Å². The highest BCUT2D eigenvalue weighted by molar-refractivity contribution is 6.46. The standard InChI is InChI=1S/C32H28N2O5/c1-2-18-38-26-12-7-9-24(20-26)30(35)28-29(34(32(37)31(28)36)21-22-14-16-33-17-15-22)23-8-6-13-27(19-23)39-25-10-4-3-5-11-25/h3-17,19-20,29,35H,2,18,21H2,1H3. The number of aliphatic hydroxyl groups excluding tert-OH is 1. The second-order valence-corrected chi connectivity index (χ2v) is 9.15. The van der Waals surface area contributed by atoms with Crippen LogP contribution in [0.2, 0.25) is 0 Å². The first-order chi connectivity index (χ1) is 19.0. The number of aliphatic hydroxyl groups is 1. The maximum atomic E-state index is 13.5. The Hall–Kier alpha value is -4.91. The van der Waals surface area contributed by atoms with Crippen LogP contribution in [0.15, 0.2) is 109 Å². The molecule has 0 spiro atoms. The number of ketones is 1. The summed E-state index contributed by atoms with van der Waals surface area (Å²) >= 11 is 0. The fourth-order valence-corrected chi connectivity index (χ4v) is 4.56. The highest BCUT2D eigenvalue weighted by Crippen LogP contribution is 2.41. The molecular weight excluding hydrogens is 492 g/mol. The van der Waals surface area contributed by atoms with Crippen molar-refractivity contribution in [2.45, 2.75) is 25.9 Å². The largest absolute Gasteiger partial charge is 0.507 e. The minimum absolute atomic E-state index is 0.0126. The van der Waals surface area contributed by atoms with Gasteiger partial charge in [0.25, 0.3) is 11.7 Å². The van der Waals surface area contributed by atoms with E-state index in [1.807, 2.05) is 43.3 Å². The van der Waals surface area contributed by atoms with E-state index in [1.54, 1.807) is 67.0 Å². The van der Waals surface area contributed by atoms with E-state index in [9.17, 15) is 14.7 Å². The zero-order valence-electron chi connectivity index (χ0n) is 21.5. The topological polar surface area (TPSA) is 89.0 Å². The van der Waals surface area contributed by atoms with E-state index in [0.717, 1.165) is 12.0 Å². The molecular formula is C32H28N2O5. The van der Waals surface area contributed by atoms with Gasteiger partial charge in [-0.15, -0.1) is 0 Å². The Kier molecular flexibility index (Phi) is 7.68. The average Bonchev–Trinajstić information content (AvgIpc) is 3.22. The van der Waals surface area contributed by atoms with Crippen molar-refractivity contribution >= 4 is 17.4 Å². The third-order valence-corrected chi connectivity index (χ3v) is 6.38. The summed E-state index contributed by atoms with van der Waals surface area (Å²) in [6.07, 6.45) is 4.10. The highest BCUT2D eigenvalue weighted by Gasteiger charge is 2.46. The van der Waals surface area contributed by atoms with Gasteiger partial charge in [0.15, 0.2) is 0 Å². The number of hydrogen-bond acceptors (Lipinski definition) is 6. The van der Waals surface area contributed by atoms with E-state index in [0.29, 0.717) is 35.0 Å². The number of likely N-dealkylation sites (tertiary alicyclic amines) is 1. The second kappa shape index (κ2) is 11.6. The van der Waals surface area contributed by atoms with Crippen LogP contribution in [-0.4, -0.2) is 33.3 Å². The highest BCUT2D eigenvalue weighted by atomic mass is 16.5. The zero-order valence-corrected chi connectivity index (χ0v) is 21.5. The molecule has 1 amide bonds. The Morgan fingerprint density at radius 2 is 1.59 bits per heavy atom. The monoisotopic (exact) mass is 520 g/mol. The maximum absolute atomic E-state index is 13.5. The predicted molar refractivity (Wildman–Crippen MR) is 147 cm³/mol. The number of benzene rings is 3. The average molecular weight is 521 g/mol. The first-order valence-electron chi connectivity index (χ1n) is 12.8. The molecule has 1 fully saturated rings. The summed E-state index contributed by atoms with van der Waals surface area (Å²) in [6.45, 7) is 2.69. The maximum Gasteiger partial charge on any atom is 0.295 e. The molecule has 39 heavy (non-hydrogen) atoms. The second-order valence-electron chi connectivity index (χ2n) is 9.15. The van der Waals surface area contributed by atoms with Gasteiger partial charge in [-0.2, -0.15) is 0 Å². The Labute approximate surface area is 227 Å². The molecule has 1 N–H and O–H groups in total.